The van der Waals surface area contributed by atoms with Crippen molar-refractivity contribution in [3.63, 3.8) is 0 Å². The van der Waals surface area contributed by atoms with Crippen LogP contribution in [-0.4, -0.2) is 5.54 Å². The number of hydrogen-bond donors (Lipinski definition) is 1. The van der Waals surface area contributed by atoms with Crippen molar-refractivity contribution in [1.29, 1.82) is 0 Å². The molecule has 4 heteroatoms. The molecule has 2 aromatic rings. The first kappa shape index (κ1) is 17.8. The predicted molar refractivity (Wildman–Crippen MR) is 93.4 cm³/mol. The number of halogens is 2. The van der Waals surface area contributed by atoms with Gasteiger partial charge in [0.15, 0.2) is 0 Å². The van der Waals surface area contributed by atoms with Crippen LogP contribution in [0.25, 0.3) is 0 Å². The second-order valence-corrected chi connectivity index (χ2v) is 6.67. The van der Waals surface area contributed by atoms with E-state index in [4.69, 9.17) is 16.3 Å². The third kappa shape index (κ3) is 5.52. The summed E-state index contributed by atoms with van der Waals surface area (Å²) in [6, 6.07) is 12.3. The van der Waals surface area contributed by atoms with Gasteiger partial charge in [0.05, 0.1) is 5.02 Å². The van der Waals surface area contributed by atoms with Gasteiger partial charge in [0.1, 0.15) is 18.2 Å². The van der Waals surface area contributed by atoms with Crippen molar-refractivity contribution in [1.82, 2.24) is 5.32 Å². The summed E-state index contributed by atoms with van der Waals surface area (Å²) in [7, 11) is 0. The average Bonchev–Trinajstić information content (AvgIpc) is 2.53. The Labute approximate surface area is 142 Å². The van der Waals surface area contributed by atoms with Crippen LogP contribution in [0, 0.1) is 5.82 Å². The molecule has 0 aromatic heterocycles. The van der Waals surface area contributed by atoms with Crippen LogP contribution in [0.2, 0.25) is 5.02 Å². The molecule has 0 aliphatic heterocycles. The number of ether oxygens (including phenoxy) is 1. The third-order valence-corrected chi connectivity index (χ3v) is 4.31. The molecule has 0 saturated carbocycles. The minimum atomic E-state index is -0.342. The molecular weight excluding hydrogens is 313 g/mol. The van der Waals surface area contributed by atoms with E-state index in [1.54, 1.807) is 6.07 Å². The number of rotatable bonds is 7. The lowest BCUT2D eigenvalue weighted by Crippen LogP contribution is -2.37. The van der Waals surface area contributed by atoms with E-state index in [-0.39, 0.29) is 11.4 Å². The SMILES string of the molecule is CCC(C)(C)NCc1cccc(OCc2ccc(F)cc2Cl)c1. The highest BCUT2D eigenvalue weighted by Gasteiger charge is 2.13. The standard InChI is InChI=1S/C19H23ClFNO/c1-4-19(2,3)22-12-14-6-5-7-17(10-14)23-13-15-8-9-16(21)11-18(15)20/h5-11,22H,4,12-13H2,1-3H3. The van der Waals surface area contributed by atoms with Crippen LogP contribution >= 0.6 is 11.6 Å². The van der Waals surface area contributed by atoms with Crippen molar-refractivity contribution in [2.24, 2.45) is 0 Å². The van der Waals surface area contributed by atoms with Gasteiger partial charge >= 0.3 is 0 Å². The first-order chi connectivity index (χ1) is 10.9. The van der Waals surface area contributed by atoms with Gasteiger partial charge in [0, 0.05) is 17.6 Å². The molecule has 0 amide bonds. The molecule has 0 saturated heterocycles. The van der Waals surface area contributed by atoms with Gasteiger partial charge in [-0.2, -0.15) is 0 Å². The molecule has 0 unspecified atom stereocenters. The molecule has 0 aliphatic rings. The highest BCUT2D eigenvalue weighted by Crippen LogP contribution is 2.21. The van der Waals surface area contributed by atoms with Crippen molar-refractivity contribution in [2.75, 3.05) is 0 Å². The van der Waals surface area contributed by atoms with E-state index >= 15 is 0 Å². The Morgan fingerprint density at radius 2 is 1.96 bits per heavy atom. The van der Waals surface area contributed by atoms with Crippen LogP contribution in [0.5, 0.6) is 5.75 Å². The van der Waals surface area contributed by atoms with Crippen molar-refractivity contribution >= 4 is 11.6 Å². The monoisotopic (exact) mass is 335 g/mol. The Morgan fingerprint density at radius 1 is 1.17 bits per heavy atom. The van der Waals surface area contributed by atoms with E-state index in [1.807, 2.05) is 18.2 Å². The lowest BCUT2D eigenvalue weighted by Gasteiger charge is -2.24. The summed E-state index contributed by atoms with van der Waals surface area (Å²) in [5, 5.41) is 3.90. The molecule has 0 radical (unpaired) electrons. The quantitative estimate of drug-likeness (QED) is 0.737. The molecule has 0 atom stereocenters. The summed E-state index contributed by atoms with van der Waals surface area (Å²) in [6.07, 6.45) is 1.06. The predicted octanol–water partition coefficient (Wildman–Crippen LogP) is 5.34. The Balaban J connectivity index is 1.97. The highest BCUT2D eigenvalue weighted by molar-refractivity contribution is 6.31. The summed E-state index contributed by atoms with van der Waals surface area (Å²) in [5.41, 5.74) is 2.04. The van der Waals surface area contributed by atoms with Crippen molar-refractivity contribution in [3.05, 3.63) is 64.4 Å². The normalized spacial score (nSPS) is 11.5. The van der Waals surface area contributed by atoms with Gasteiger partial charge in [0.2, 0.25) is 0 Å². The van der Waals surface area contributed by atoms with Crippen LogP contribution in [0.1, 0.15) is 38.3 Å². The van der Waals surface area contributed by atoms with Gasteiger partial charge in [-0.05, 0) is 50.1 Å². The summed E-state index contributed by atoms with van der Waals surface area (Å²) >= 11 is 6.01. The maximum absolute atomic E-state index is 13.0. The highest BCUT2D eigenvalue weighted by atomic mass is 35.5. The van der Waals surface area contributed by atoms with Gasteiger partial charge in [0.25, 0.3) is 0 Å². The molecule has 124 valence electrons. The Kier molecular flexibility index (Phi) is 6.03. The molecule has 0 heterocycles. The van der Waals surface area contributed by atoms with Crippen molar-refractivity contribution in [2.45, 2.75) is 45.9 Å². The Hall–Kier alpha value is -1.58. The van der Waals surface area contributed by atoms with E-state index < -0.39 is 0 Å². The van der Waals surface area contributed by atoms with E-state index in [0.717, 1.165) is 29.8 Å². The topological polar surface area (TPSA) is 21.3 Å². The molecule has 23 heavy (non-hydrogen) atoms. The van der Waals surface area contributed by atoms with Crippen LogP contribution in [0.3, 0.4) is 0 Å². The van der Waals surface area contributed by atoms with Crippen molar-refractivity contribution < 1.29 is 9.13 Å². The van der Waals surface area contributed by atoms with Crippen LogP contribution in [-0.2, 0) is 13.2 Å². The van der Waals surface area contributed by atoms with E-state index in [0.29, 0.717) is 11.6 Å². The second kappa shape index (κ2) is 7.80. The molecule has 2 aromatic carbocycles. The summed E-state index contributed by atoms with van der Waals surface area (Å²) < 4.78 is 18.8. The zero-order valence-corrected chi connectivity index (χ0v) is 14.6. The van der Waals surface area contributed by atoms with E-state index in [9.17, 15) is 4.39 Å². The van der Waals surface area contributed by atoms with Gasteiger partial charge in [-0.15, -0.1) is 0 Å². The number of nitrogens with one attached hydrogen (secondary N) is 1. The molecule has 2 rings (SSSR count). The average molecular weight is 336 g/mol. The lowest BCUT2D eigenvalue weighted by atomic mass is 10.0. The fraction of sp³-hybridized carbons (Fsp3) is 0.368. The zero-order chi connectivity index (χ0) is 16.9. The van der Waals surface area contributed by atoms with Gasteiger partial charge in [-0.3, -0.25) is 0 Å². The summed E-state index contributed by atoms with van der Waals surface area (Å²) in [5.74, 6) is 0.435. The van der Waals surface area contributed by atoms with Gasteiger partial charge < -0.3 is 10.1 Å². The maximum atomic E-state index is 13.0. The smallest absolute Gasteiger partial charge is 0.124 e. The molecule has 1 N–H and O–H groups in total. The van der Waals surface area contributed by atoms with E-state index in [1.165, 1.54) is 12.1 Å². The van der Waals surface area contributed by atoms with Gasteiger partial charge in [-0.25, -0.2) is 4.39 Å². The first-order valence-electron chi connectivity index (χ1n) is 7.80. The summed E-state index contributed by atoms with van der Waals surface area (Å²) in [4.78, 5) is 0. The molecule has 2 nitrogen and oxygen atoms in total. The number of benzene rings is 2. The first-order valence-corrected chi connectivity index (χ1v) is 8.18. The maximum Gasteiger partial charge on any atom is 0.124 e. The fourth-order valence-electron chi connectivity index (χ4n) is 2.01. The van der Waals surface area contributed by atoms with Crippen LogP contribution in [0.15, 0.2) is 42.5 Å². The largest absolute Gasteiger partial charge is 0.489 e. The molecule has 0 fully saturated rings. The molecule has 0 aliphatic carbocycles. The Bertz CT molecular complexity index is 658. The minimum Gasteiger partial charge on any atom is -0.489 e. The van der Waals surface area contributed by atoms with E-state index in [2.05, 4.69) is 32.2 Å². The molecule has 0 bridgehead atoms. The van der Waals surface area contributed by atoms with Crippen LogP contribution in [0.4, 0.5) is 4.39 Å². The Morgan fingerprint density at radius 3 is 2.65 bits per heavy atom. The van der Waals surface area contributed by atoms with Crippen LogP contribution < -0.4 is 10.1 Å². The lowest BCUT2D eigenvalue weighted by molar-refractivity contribution is 0.305. The minimum absolute atomic E-state index is 0.110. The second-order valence-electron chi connectivity index (χ2n) is 6.26. The van der Waals surface area contributed by atoms with Crippen molar-refractivity contribution in [3.8, 4) is 5.75 Å². The molecular formula is C19H23ClFNO. The summed E-state index contributed by atoms with van der Waals surface area (Å²) in [6.45, 7) is 7.64. The fourth-order valence-corrected chi connectivity index (χ4v) is 2.23. The zero-order valence-electron chi connectivity index (χ0n) is 13.8. The van der Waals surface area contributed by atoms with Gasteiger partial charge in [-0.1, -0.05) is 36.7 Å². The number of hydrogen-bond acceptors (Lipinski definition) is 2. The molecule has 0 spiro atoms. The third-order valence-electron chi connectivity index (χ3n) is 3.96.